The summed E-state index contributed by atoms with van der Waals surface area (Å²) in [4.78, 5) is 26.7. The Hall–Kier alpha value is -2.24. The Balaban J connectivity index is 2.20. The fourth-order valence-corrected chi connectivity index (χ4v) is 3.14. The second-order valence-corrected chi connectivity index (χ2v) is 7.21. The molecule has 0 bridgehead atoms. The van der Waals surface area contributed by atoms with Crippen LogP contribution in [0, 0.1) is 6.92 Å². The van der Waals surface area contributed by atoms with Crippen LogP contribution in [0.25, 0.3) is 0 Å². The number of hydrogen-bond donors (Lipinski definition) is 1. The quantitative estimate of drug-likeness (QED) is 0.691. The molecule has 0 saturated heterocycles. The van der Waals surface area contributed by atoms with Gasteiger partial charge in [-0.3, -0.25) is 9.59 Å². The lowest BCUT2D eigenvalue weighted by molar-refractivity contribution is -0.142. The average molecular weight is 423 g/mol. The number of nitrogens with zero attached hydrogens (tertiary/aromatic N) is 1. The van der Waals surface area contributed by atoms with Gasteiger partial charge in [-0.15, -0.1) is 0 Å². The van der Waals surface area contributed by atoms with E-state index in [-0.39, 0.29) is 25.0 Å². The van der Waals surface area contributed by atoms with E-state index >= 15 is 0 Å². The summed E-state index contributed by atoms with van der Waals surface area (Å²) in [5.74, 6) is -0.00925. The number of likely N-dealkylation sites (N-methyl/N-ethyl adjacent to an activating group) is 1. The van der Waals surface area contributed by atoms with Gasteiger partial charge in [-0.05, 0) is 45.0 Å². The highest BCUT2D eigenvalue weighted by Crippen LogP contribution is 2.26. The monoisotopic (exact) mass is 422 g/mol. The maximum atomic E-state index is 12.9. The van der Waals surface area contributed by atoms with Crippen LogP contribution in [0.1, 0.15) is 25.0 Å². The number of amides is 2. The van der Waals surface area contributed by atoms with Crippen molar-refractivity contribution in [1.29, 1.82) is 0 Å². The molecule has 0 aromatic heterocycles. The van der Waals surface area contributed by atoms with E-state index in [1.54, 1.807) is 37.3 Å². The van der Waals surface area contributed by atoms with E-state index in [0.717, 1.165) is 5.56 Å². The molecule has 0 fully saturated rings. The van der Waals surface area contributed by atoms with Crippen LogP contribution in [0.2, 0.25) is 10.0 Å². The van der Waals surface area contributed by atoms with Gasteiger partial charge in [-0.1, -0.05) is 47.0 Å². The van der Waals surface area contributed by atoms with E-state index in [1.165, 1.54) is 4.90 Å². The van der Waals surface area contributed by atoms with Crippen molar-refractivity contribution in [2.75, 3.05) is 13.2 Å². The predicted octanol–water partition coefficient (Wildman–Crippen LogP) is 4.23. The highest BCUT2D eigenvalue weighted by atomic mass is 35.5. The minimum absolute atomic E-state index is 0.104. The van der Waals surface area contributed by atoms with Crippen molar-refractivity contribution in [1.82, 2.24) is 10.2 Å². The van der Waals surface area contributed by atoms with Crippen molar-refractivity contribution >= 4 is 35.0 Å². The van der Waals surface area contributed by atoms with Crippen LogP contribution in [0.3, 0.4) is 0 Å². The molecule has 1 N–H and O–H groups in total. The van der Waals surface area contributed by atoms with Gasteiger partial charge in [0.15, 0.2) is 6.61 Å². The van der Waals surface area contributed by atoms with Gasteiger partial charge in [0.1, 0.15) is 11.8 Å². The molecule has 0 spiro atoms. The summed E-state index contributed by atoms with van der Waals surface area (Å²) < 4.78 is 5.60. The molecule has 2 rings (SSSR count). The summed E-state index contributed by atoms with van der Waals surface area (Å²) in [6.45, 7) is 5.83. The van der Waals surface area contributed by atoms with E-state index in [4.69, 9.17) is 27.9 Å². The zero-order valence-corrected chi connectivity index (χ0v) is 17.7. The molecule has 2 aromatic rings. The number of benzene rings is 2. The highest BCUT2D eigenvalue weighted by molar-refractivity contribution is 6.36. The van der Waals surface area contributed by atoms with E-state index in [0.29, 0.717) is 27.9 Å². The minimum atomic E-state index is -0.707. The first-order chi connectivity index (χ1) is 13.3. The minimum Gasteiger partial charge on any atom is -0.484 e. The van der Waals surface area contributed by atoms with Gasteiger partial charge in [0.2, 0.25) is 5.91 Å². The van der Waals surface area contributed by atoms with Gasteiger partial charge in [0, 0.05) is 28.7 Å². The standard InChI is InChI=1S/C21H24Cl2N2O3/c1-4-24-21(27)15(3)25(12-17-18(22)6-5-7-19(17)23)20(26)13-28-16-10-8-14(2)9-11-16/h5-11,15H,4,12-13H2,1-3H3,(H,24,27)/t15-/m0/s1. The fraction of sp³-hybridized carbons (Fsp3) is 0.333. The molecule has 7 heteroatoms. The maximum absolute atomic E-state index is 12.9. The number of carbonyl (C=O) groups excluding carboxylic acids is 2. The molecule has 28 heavy (non-hydrogen) atoms. The van der Waals surface area contributed by atoms with Crippen LogP contribution in [-0.4, -0.2) is 35.9 Å². The number of aryl methyl sites for hydroxylation is 1. The average Bonchev–Trinajstić information content (AvgIpc) is 2.67. The summed E-state index contributed by atoms with van der Waals surface area (Å²) in [5, 5.41) is 3.61. The number of carbonyl (C=O) groups is 2. The van der Waals surface area contributed by atoms with E-state index in [2.05, 4.69) is 5.32 Å². The van der Waals surface area contributed by atoms with Crippen molar-refractivity contribution in [3.05, 3.63) is 63.6 Å². The molecule has 0 heterocycles. The Bertz CT molecular complexity index is 805. The first-order valence-electron chi connectivity index (χ1n) is 9.03. The normalized spacial score (nSPS) is 11.6. The predicted molar refractivity (Wildman–Crippen MR) is 112 cm³/mol. The van der Waals surface area contributed by atoms with E-state index in [9.17, 15) is 9.59 Å². The third-order valence-electron chi connectivity index (χ3n) is 4.29. The molecule has 2 amide bonds. The first kappa shape index (κ1) is 22.1. The summed E-state index contributed by atoms with van der Waals surface area (Å²) >= 11 is 12.5. The smallest absolute Gasteiger partial charge is 0.261 e. The molecule has 5 nitrogen and oxygen atoms in total. The van der Waals surface area contributed by atoms with Crippen LogP contribution in [0.4, 0.5) is 0 Å². The molecular formula is C21H24Cl2N2O3. The zero-order chi connectivity index (χ0) is 20.7. The van der Waals surface area contributed by atoms with E-state index < -0.39 is 6.04 Å². The number of rotatable bonds is 8. The fourth-order valence-electron chi connectivity index (χ4n) is 2.62. The van der Waals surface area contributed by atoms with Gasteiger partial charge in [0.05, 0.1) is 0 Å². The molecule has 0 unspecified atom stereocenters. The topological polar surface area (TPSA) is 58.6 Å². The van der Waals surface area contributed by atoms with Crippen LogP contribution >= 0.6 is 23.2 Å². The van der Waals surface area contributed by atoms with Gasteiger partial charge in [-0.2, -0.15) is 0 Å². The third kappa shape index (κ3) is 5.88. The molecule has 0 aliphatic rings. The van der Waals surface area contributed by atoms with Crippen LogP contribution in [0.15, 0.2) is 42.5 Å². The molecule has 0 aliphatic carbocycles. The molecule has 0 aliphatic heterocycles. The molecular weight excluding hydrogens is 399 g/mol. The lowest BCUT2D eigenvalue weighted by Gasteiger charge is -2.29. The summed E-state index contributed by atoms with van der Waals surface area (Å²) in [6.07, 6.45) is 0. The van der Waals surface area contributed by atoms with Crippen molar-refractivity contribution in [2.24, 2.45) is 0 Å². The molecule has 2 aromatic carbocycles. The van der Waals surface area contributed by atoms with E-state index in [1.807, 2.05) is 26.0 Å². The Labute approximate surface area is 175 Å². The Morgan fingerprint density at radius 1 is 1.11 bits per heavy atom. The van der Waals surface area contributed by atoms with Gasteiger partial charge >= 0.3 is 0 Å². The largest absolute Gasteiger partial charge is 0.484 e. The number of halogens is 2. The molecule has 0 radical (unpaired) electrons. The first-order valence-corrected chi connectivity index (χ1v) is 9.78. The molecule has 150 valence electrons. The number of nitrogens with one attached hydrogen (secondary N) is 1. The summed E-state index contributed by atoms with van der Waals surface area (Å²) in [6, 6.07) is 11.8. The Kier molecular flexibility index (Phi) is 8.15. The van der Waals surface area contributed by atoms with Gasteiger partial charge in [-0.25, -0.2) is 0 Å². The lowest BCUT2D eigenvalue weighted by Crippen LogP contribution is -2.49. The van der Waals surface area contributed by atoms with Crippen LogP contribution < -0.4 is 10.1 Å². The van der Waals surface area contributed by atoms with Crippen LogP contribution in [-0.2, 0) is 16.1 Å². The highest BCUT2D eigenvalue weighted by Gasteiger charge is 2.27. The summed E-state index contributed by atoms with van der Waals surface area (Å²) in [7, 11) is 0. The Morgan fingerprint density at radius 3 is 2.29 bits per heavy atom. The van der Waals surface area contributed by atoms with Crippen molar-refractivity contribution in [3.8, 4) is 5.75 Å². The maximum Gasteiger partial charge on any atom is 0.261 e. The second-order valence-electron chi connectivity index (χ2n) is 6.39. The third-order valence-corrected chi connectivity index (χ3v) is 5.00. The van der Waals surface area contributed by atoms with Crippen molar-refractivity contribution < 1.29 is 14.3 Å². The number of hydrogen-bond acceptors (Lipinski definition) is 3. The second kappa shape index (κ2) is 10.3. The van der Waals surface area contributed by atoms with Crippen molar-refractivity contribution in [2.45, 2.75) is 33.4 Å². The molecule has 0 saturated carbocycles. The molecule has 1 atom stereocenters. The SMILES string of the molecule is CCNC(=O)[C@H](C)N(Cc1c(Cl)cccc1Cl)C(=O)COc1ccc(C)cc1. The summed E-state index contributed by atoms with van der Waals surface area (Å²) in [5.41, 5.74) is 1.68. The van der Waals surface area contributed by atoms with Gasteiger partial charge < -0.3 is 15.0 Å². The van der Waals surface area contributed by atoms with Gasteiger partial charge in [0.25, 0.3) is 5.91 Å². The van der Waals surface area contributed by atoms with Crippen LogP contribution in [0.5, 0.6) is 5.75 Å². The Morgan fingerprint density at radius 2 is 1.71 bits per heavy atom. The lowest BCUT2D eigenvalue weighted by atomic mass is 10.1. The number of ether oxygens (including phenoxy) is 1. The zero-order valence-electron chi connectivity index (χ0n) is 16.2. The van der Waals surface area contributed by atoms with Crippen molar-refractivity contribution in [3.63, 3.8) is 0 Å².